The summed E-state index contributed by atoms with van der Waals surface area (Å²) >= 11 is 0. The van der Waals surface area contributed by atoms with Crippen LogP contribution in [0.5, 0.6) is 23.0 Å². The van der Waals surface area contributed by atoms with Crippen LogP contribution in [0.25, 0.3) is 10.9 Å². The summed E-state index contributed by atoms with van der Waals surface area (Å²) in [5.74, 6) is -0.0280. The van der Waals surface area contributed by atoms with Crippen molar-refractivity contribution in [3.63, 3.8) is 0 Å². The number of H-pyrrole nitrogens is 1. The van der Waals surface area contributed by atoms with Gasteiger partial charge in [-0.05, 0) is 42.7 Å². The molecule has 0 aliphatic rings. The molecule has 0 saturated carbocycles. The zero-order valence-corrected chi connectivity index (χ0v) is 21.2. The summed E-state index contributed by atoms with van der Waals surface area (Å²) in [6.45, 7) is 1.97. The van der Waals surface area contributed by atoms with Gasteiger partial charge in [-0.25, -0.2) is 4.79 Å². The summed E-state index contributed by atoms with van der Waals surface area (Å²) in [5.41, 5.74) is 1.91. The zero-order valence-electron chi connectivity index (χ0n) is 21.2. The van der Waals surface area contributed by atoms with Gasteiger partial charge in [0.2, 0.25) is 11.7 Å². The highest BCUT2D eigenvalue weighted by Crippen LogP contribution is 2.43. The number of rotatable bonds is 10. The first-order chi connectivity index (χ1) is 17.9. The number of hydrogen-bond donors (Lipinski definition) is 3. The van der Waals surface area contributed by atoms with Crippen LogP contribution < -0.4 is 25.2 Å². The number of aromatic hydroxyl groups is 1. The minimum Gasteiger partial charge on any atom is -0.507 e. The molecule has 37 heavy (non-hydrogen) atoms. The Balaban J connectivity index is 1.62. The highest BCUT2D eigenvalue weighted by atomic mass is 16.5. The number of fused-ring (bicyclic) bond motifs is 1. The maximum absolute atomic E-state index is 13.1. The fraction of sp³-hybridized carbons (Fsp3) is 0.286. The van der Waals surface area contributed by atoms with Crippen LogP contribution in [0.2, 0.25) is 0 Å². The van der Waals surface area contributed by atoms with E-state index in [2.05, 4.69) is 10.3 Å². The highest BCUT2D eigenvalue weighted by Gasteiger charge is 2.28. The van der Waals surface area contributed by atoms with E-state index in [-0.39, 0.29) is 29.4 Å². The first-order valence-corrected chi connectivity index (χ1v) is 11.8. The number of benzene rings is 2. The predicted molar refractivity (Wildman–Crippen MR) is 139 cm³/mol. The summed E-state index contributed by atoms with van der Waals surface area (Å²) < 4.78 is 21.6. The van der Waals surface area contributed by atoms with Gasteiger partial charge in [-0.2, -0.15) is 0 Å². The molecule has 3 N–H and O–H groups in total. The van der Waals surface area contributed by atoms with E-state index < -0.39 is 11.5 Å². The van der Waals surface area contributed by atoms with Crippen LogP contribution in [-0.2, 0) is 11.2 Å². The smallest absolute Gasteiger partial charge is 0.343 e. The van der Waals surface area contributed by atoms with E-state index in [1.54, 1.807) is 19.1 Å². The first-order valence-electron chi connectivity index (χ1n) is 11.8. The second-order valence-corrected chi connectivity index (χ2v) is 8.62. The second-order valence-electron chi connectivity index (χ2n) is 8.62. The van der Waals surface area contributed by atoms with Crippen molar-refractivity contribution in [2.75, 3.05) is 27.9 Å². The monoisotopic (exact) mass is 506 g/mol. The van der Waals surface area contributed by atoms with E-state index >= 15 is 0 Å². The fourth-order valence-corrected chi connectivity index (χ4v) is 4.55. The Hall–Kier alpha value is -4.40. The Labute approximate surface area is 214 Å². The topological polar surface area (TPSA) is 123 Å². The van der Waals surface area contributed by atoms with E-state index in [1.165, 1.54) is 27.4 Å². The summed E-state index contributed by atoms with van der Waals surface area (Å²) in [6.07, 6.45) is 2.45. The van der Waals surface area contributed by atoms with Gasteiger partial charge in [0, 0.05) is 42.0 Å². The van der Waals surface area contributed by atoms with E-state index in [9.17, 15) is 14.7 Å². The van der Waals surface area contributed by atoms with Crippen LogP contribution in [0.4, 0.5) is 0 Å². The van der Waals surface area contributed by atoms with Crippen molar-refractivity contribution < 1.29 is 28.5 Å². The predicted octanol–water partition coefficient (Wildman–Crippen LogP) is 4.04. The molecule has 1 atom stereocenters. The SMILES string of the molecule is COc1cc(C(CC(=O)NCCc2c[nH]c3ccccc23)c2c(O)cc(C)oc2=O)cc(OC)c1OC. The molecule has 0 radical (unpaired) electrons. The number of aromatic nitrogens is 1. The van der Waals surface area contributed by atoms with Gasteiger partial charge in [-0.1, -0.05) is 18.2 Å². The quantitative estimate of drug-likeness (QED) is 0.297. The Morgan fingerprint density at radius 1 is 1.08 bits per heavy atom. The number of methoxy groups -OCH3 is 3. The Bertz CT molecular complexity index is 1450. The Kier molecular flexibility index (Phi) is 7.71. The summed E-state index contributed by atoms with van der Waals surface area (Å²) in [4.78, 5) is 29.2. The van der Waals surface area contributed by atoms with Crippen LogP contribution >= 0.6 is 0 Å². The molecule has 2 aromatic carbocycles. The number of para-hydroxylation sites is 1. The average Bonchev–Trinajstić information content (AvgIpc) is 3.29. The minimum absolute atomic E-state index is 0.0216. The molecular weight excluding hydrogens is 476 g/mol. The molecule has 2 aromatic heterocycles. The van der Waals surface area contributed by atoms with Crippen molar-refractivity contribution >= 4 is 16.8 Å². The molecule has 194 valence electrons. The maximum atomic E-state index is 13.1. The molecule has 9 nitrogen and oxygen atoms in total. The number of carbonyl (C=O) groups excluding carboxylic acids is 1. The molecule has 0 bridgehead atoms. The van der Waals surface area contributed by atoms with E-state index in [0.29, 0.717) is 35.8 Å². The number of aromatic amines is 1. The molecule has 4 aromatic rings. The lowest BCUT2D eigenvalue weighted by molar-refractivity contribution is -0.121. The van der Waals surface area contributed by atoms with Crippen molar-refractivity contribution in [3.05, 3.63) is 81.5 Å². The Morgan fingerprint density at radius 3 is 2.43 bits per heavy atom. The van der Waals surface area contributed by atoms with Crippen molar-refractivity contribution in [1.82, 2.24) is 10.3 Å². The van der Waals surface area contributed by atoms with Crippen molar-refractivity contribution in [1.29, 1.82) is 0 Å². The highest BCUT2D eigenvalue weighted by molar-refractivity contribution is 5.83. The molecule has 0 fully saturated rings. The van der Waals surface area contributed by atoms with Gasteiger partial charge >= 0.3 is 5.63 Å². The molecule has 0 spiro atoms. The minimum atomic E-state index is -0.835. The number of ether oxygens (including phenoxy) is 3. The van der Waals surface area contributed by atoms with Gasteiger partial charge < -0.3 is 34.0 Å². The molecule has 1 amide bonds. The average molecular weight is 507 g/mol. The third kappa shape index (κ3) is 5.40. The van der Waals surface area contributed by atoms with Gasteiger partial charge in [0.25, 0.3) is 0 Å². The Morgan fingerprint density at radius 2 is 1.78 bits per heavy atom. The van der Waals surface area contributed by atoms with Gasteiger partial charge in [0.15, 0.2) is 11.5 Å². The van der Waals surface area contributed by atoms with E-state index in [0.717, 1.165) is 16.5 Å². The van der Waals surface area contributed by atoms with Crippen LogP contribution in [-0.4, -0.2) is 43.9 Å². The van der Waals surface area contributed by atoms with Crippen LogP contribution in [0.1, 0.15) is 34.8 Å². The lowest BCUT2D eigenvalue weighted by Gasteiger charge is -2.21. The molecule has 9 heteroatoms. The van der Waals surface area contributed by atoms with Gasteiger partial charge in [-0.3, -0.25) is 4.79 Å². The van der Waals surface area contributed by atoms with Gasteiger partial charge in [0.1, 0.15) is 11.5 Å². The number of carbonyl (C=O) groups is 1. The first kappa shape index (κ1) is 25.7. The lowest BCUT2D eigenvalue weighted by atomic mass is 9.88. The molecule has 0 saturated heterocycles. The van der Waals surface area contributed by atoms with Gasteiger partial charge in [0.05, 0.1) is 26.9 Å². The summed E-state index contributed by atoms with van der Waals surface area (Å²) in [7, 11) is 4.44. The largest absolute Gasteiger partial charge is 0.507 e. The second kappa shape index (κ2) is 11.1. The van der Waals surface area contributed by atoms with Crippen LogP contribution in [0.15, 0.2) is 57.9 Å². The number of amides is 1. The molecule has 4 rings (SSSR count). The summed E-state index contributed by atoms with van der Waals surface area (Å²) in [6, 6.07) is 12.6. The molecule has 2 heterocycles. The van der Waals surface area contributed by atoms with Crippen LogP contribution in [0, 0.1) is 6.92 Å². The van der Waals surface area contributed by atoms with Crippen molar-refractivity contribution in [2.45, 2.75) is 25.7 Å². The maximum Gasteiger partial charge on any atom is 0.343 e. The molecule has 1 unspecified atom stereocenters. The third-order valence-corrected chi connectivity index (χ3v) is 6.31. The van der Waals surface area contributed by atoms with Crippen LogP contribution in [0.3, 0.4) is 0 Å². The third-order valence-electron chi connectivity index (χ3n) is 6.31. The molecule has 0 aliphatic heterocycles. The van der Waals surface area contributed by atoms with E-state index in [4.69, 9.17) is 18.6 Å². The van der Waals surface area contributed by atoms with Gasteiger partial charge in [-0.15, -0.1) is 0 Å². The molecular formula is C28H30N2O7. The van der Waals surface area contributed by atoms with Crippen molar-refractivity contribution in [3.8, 4) is 23.0 Å². The normalized spacial score (nSPS) is 11.8. The zero-order chi connectivity index (χ0) is 26.5. The standard InChI is InChI=1S/C28H30N2O7/c1-16-11-22(31)26(28(33)37-16)20(18-12-23(34-2)27(36-4)24(13-18)35-3)14-25(32)29-10-9-17-15-30-21-8-6-5-7-19(17)21/h5-8,11-13,15,20,30-31H,9-10,14H2,1-4H3,(H,29,32). The number of nitrogens with one attached hydrogen (secondary N) is 2. The number of hydrogen-bond acceptors (Lipinski definition) is 7. The lowest BCUT2D eigenvalue weighted by Crippen LogP contribution is -2.28. The summed E-state index contributed by atoms with van der Waals surface area (Å²) in [5, 5.41) is 14.7. The fourth-order valence-electron chi connectivity index (χ4n) is 4.55. The number of aryl methyl sites for hydroxylation is 1. The molecule has 0 aliphatic carbocycles. The van der Waals surface area contributed by atoms with E-state index in [1.807, 2.05) is 30.5 Å². The van der Waals surface area contributed by atoms with Crippen molar-refractivity contribution in [2.24, 2.45) is 0 Å².